The van der Waals surface area contributed by atoms with Gasteiger partial charge in [-0.15, -0.1) is 0 Å². The van der Waals surface area contributed by atoms with Crippen molar-refractivity contribution in [3.05, 3.63) is 0 Å². The van der Waals surface area contributed by atoms with Crippen molar-refractivity contribution in [2.75, 3.05) is 0 Å². The van der Waals surface area contributed by atoms with Gasteiger partial charge in [-0.25, -0.2) is 0 Å². The van der Waals surface area contributed by atoms with Gasteiger partial charge >= 0.3 is 0 Å². The van der Waals surface area contributed by atoms with Gasteiger partial charge in [0.15, 0.2) is 0 Å². The molecule has 0 radical (unpaired) electrons. The summed E-state index contributed by atoms with van der Waals surface area (Å²) in [6, 6.07) is 0.514. The summed E-state index contributed by atoms with van der Waals surface area (Å²) in [6.07, 6.45) is 9.39. The molecule has 0 aromatic heterocycles. The van der Waals surface area contributed by atoms with Crippen molar-refractivity contribution in [1.29, 1.82) is 0 Å². The van der Waals surface area contributed by atoms with E-state index < -0.39 is 0 Å². The Bertz CT molecular complexity index is 171. The van der Waals surface area contributed by atoms with Crippen LogP contribution in [0.3, 0.4) is 0 Å². The highest BCUT2D eigenvalue weighted by atomic mass is 15.2. The fourth-order valence-corrected chi connectivity index (χ4v) is 2.84. The van der Waals surface area contributed by atoms with E-state index in [0.717, 1.165) is 5.92 Å². The second-order valence-electron chi connectivity index (χ2n) is 5.91. The minimum absolute atomic E-state index is 0.446. The van der Waals surface area contributed by atoms with E-state index in [0.29, 0.717) is 11.5 Å². The van der Waals surface area contributed by atoms with E-state index in [9.17, 15) is 0 Å². The molecule has 2 heteroatoms. The van der Waals surface area contributed by atoms with Gasteiger partial charge in [-0.1, -0.05) is 40.0 Å². The lowest BCUT2D eigenvalue weighted by atomic mass is 9.69. The highest BCUT2D eigenvalue weighted by molar-refractivity contribution is 4.88. The number of rotatable bonds is 5. The maximum absolute atomic E-state index is 5.73. The Labute approximate surface area is 95.0 Å². The smallest absolute Gasteiger partial charge is 0.0264 e. The Morgan fingerprint density at radius 1 is 1.13 bits per heavy atom. The number of hydrogen-bond acceptors (Lipinski definition) is 2. The summed E-state index contributed by atoms with van der Waals surface area (Å²) >= 11 is 0. The average Bonchev–Trinajstić information content (AvgIpc) is 2.19. The van der Waals surface area contributed by atoms with Gasteiger partial charge in [-0.05, 0) is 37.0 Å². The van der Waals surface area contributed by atoms with E-state index in [4.69, 9.17) is 5.84 Å². The summed E-state index contributed by atoms with van der Waals surface area (Å²) < 4.78 is 0. The van der Waals surface area contributed by atoms with Crippen LogP contribution in [0.5, 0.6) is 0 Å². The predicted molar refractivity (Wildman–Crippen MR) is 66.4 cm³/mol. The second-order valence-corrected chi connectivity index (χ2v) is 5.91. The zero-order chi connectivity index (χ0) is 11.3. The van der Waals surface area contributed by atoms with Crippen molar-refractivity contribution in [3.63, 3.8) is 0 Å². The fourth-order valence-electron chi connectivity index (χ4n) is 2.84. The van der Waals surface area contributed by atoms with Crippen LogP contribution in [-0.4, -0.2) is 6.04 Å². The lowest BCUT2D eigenvalue weighted by Gasteiger charge is -2.40. The first-order valence-electron chi connectivity index (χ1n) is 6.54. The Kier molecular flexibility index (Phi) is 5.07. The van der Waals surface area contributed by atoms with Gasteiger partial charge in [-0.3, -0.25) is 11.3 Å². The fraction of sp³-hybridized carbons (Fsp3) is 1.00. The summed E-state index contributed by atoms with van der Waals surface area (Å²) in [5, 5.41) is 0. The molecule has 2 nitrogen and oxygen atoms in total. The molecule has 0 spiro atoms. The first-order chi connectivity index (χ1) is 7.08. The number of hydrogen-bond donors (Lipinski definition) is 2. The second kappa shape index (κ2) is 5.86. The molecule has 0 saturated heterocycles. The molecule has 3 N–H and O–H groups in total. The monoisotopic (exact) mass is 212 g/mol. The van der Waals surface area contributed by atoms with Gasteiger partial charge in [0.2, 0.25) is 0 Å². The summed E-state index contributed by atoms with van der Waals surface area (Å²) in [5.41, 5.74) is 3.51. The minimum Gasteiger partial charge on any atom is -0.271 e. The largest absolute Gasteiger partial charge is 0.271 e. The Morgan fingerprint density at radius 2 is 1.73 bits per heavy atom. The minimum atomic E-state index is 0.446. The van der Waals surface area contributed by atoms with Gasteiger partial charge in [0.25, 0.3) is 0 Å². The Balaban J connectivity index is 2.47. The first kappa shape index (κ1) is 13.0. The normalized spacial score (nSPS) is 23.0. The van der Waals surface area contributed by atoms with Crippen molar-refractivity contribution < 1.29 is 0 Å². The molecule has 1 rings (SSSR count). The zero-order valence-electron chi connectivity index (χ0n) is 10.7. The van der Waals surface area contributed by atoms with Crippen molar-refractivity contribution >= 4 is 0 Å². The summed E-state index contributed by atoms with van der Waals surface area (Å²) in [7, 11) is 0. The van der Waals surface area contributed by atoms with Crippen molar-refractivity contribution in [1.82, 2.24) is 5.43 Å². The lowest BCUT2D eigenvalue weighted by Crippen LogP contribution is -2.48. The van der Waals surface area contributed by atoms with Crippen LogP contribution >= 0.6 is 0 Å². The zero-order valence-corrected chi connectivity index (χ0v) is 10.7. The third-order valence-electron chi connectivity index (χ3n) is 4.07. The van der Waals surface area contributed by atoms with Gasteiger partial charge < -0.3 is 0 Å². The molecule has 1 unspecified atom stereocenters. The third kappa shape index (κ3) is 3.76. The molecule has 90 valence electrons. The standard InChI is InChI=1S/C13H28N2/c1-11(2)7-8-12(15-14)13(3)9-5-4-6-10-13/h11-12,15H,4-10,14H2,1-3H3. The van der Waals surface area contributed by atoms with Gasteiger partial charge in [0, 0.05) is 6.04 Å². The van der Waals surface area contributed by atoms with Crippen LogP contribution in [0.4, 0.5) is 0 Å². The van der Waals surface area contributed by atoms with E-state index in [1.54, 1.807) is 0 Å². The maximum Gasteiger partial charge on any atom is 0.0264 e. The SMILES string of the molecule is CC(C)CCC(NN)C1(C)CCCCC1. The molecule has 1 atom stereocenters. The highest BCUT2D eigenvalue weighted by Crippen LogP contribution is 2.40. The lowest BCUT2D eigenvalue weighted by molar-refractivity contribution is 0.133. The Hall–Kier alpha value is -0.0800. The van der Waals surface area contributed by atoms with Crippen LogP contribution in [0, 0.1) is 11.3 Å². The third-order valence-corrected chi connectivity index (χ3v) is 4.07. The number of nitrogens with one attached hydrogen (secondary N) is 1. The first-order valence-corrected chi connectivity index (χ1v) is 6.54. The topological polar surface area (TPSA) is 38.0 Å². The van der Waals surface area contributed by atoms with E-state index in [1.165, 1.54) is 44.9 Å². The number of nitrogens with two attached hydrogens (primary N) is 1. The average molecular weight is 212 g/mol. The molecule has 0 heterocycles. The van der Waals surface area contributed by atoms with Crippen molar-refractivity contribution in [2.24, 2.45) is 17.2 Å². The van der Waals surface area contributed by atoms with Crippen LogP contribution in [0.15, 0.2) is 0 Å². The molecular formula is C13H28N2. The van der Waals surface area contributed by atoms with Gasteiger partial charge in [0.1, 0.15) is 0 Å². The molecular weight excluding hydrogens is 184 g/mol. The van der Waals surface area contributed by atoms with Gasteiger partial charge in [-0.2, -0.15) is 0 Å². The molecule has 15 heavy (non-hydrogen) atoms. The van der Waals surface area contributed by atoms with Crippen LogP contribution in [0.25, 0.3) is 0 Å². The van der Waals surface area contributed by atoms with E-state index >= 15 is 0 Å². The highest BCUT2D eigenvalue weighted by Gasteiger charge is 2.34. The summed E-state index contributed by atoms with van der Waals surface area (Å²) in [5.74, 6) is 6.51. The molecule has 1 saturated carbocycles. The van der Waals surface area contributed by atoms with Crippen LogP contribution in [-0.2, 0) is 0 Å². The molecule has 0 aromatic carbocycles. The summed E-state index contributed by atoms with van der Waals surface area (Å²) in [4.78, 5) is 0. The van der Waals surface area contributed by atoms with Crippen LogP contribution in [0.1, 0.15) is 65.7 Å². The van der Waals surface area contributed by atoms with Crippen LogP contribution in [0.2, 0.25) is 0 Å². The van der Waals surface area contributed by atoms with Crippen LogP contribution < -0.4 is 11.3 Å². The maximum atomic E-state index is 5.73. The predicted octanol–water partition coefficient (Wildman–Crippen LogP) is 3.22. The molecule has 0 bridgehead atoms. The van der Waals surface area contributed by atoms with E-state index in [1.807, 2.05) is 0 Å². The molecule has 1 aliphatic carbocycles. The molecule has 0 aromatic rings. The Morgan fingerprint density at radius 3 is 2.20 bits per heavy atom. The summed E-state index contributed by atoms with van der Waals surface area (Å²) in [6.45, 7) is 6.99. The molecule has 0 amide bonds. The quantitative estimate of drug-likeness (QED) is 0.542. The molecule has 1 aliphatic rings. The number of hydrazine groups is 1. The van der Waals surface area contributed by atoms with Crippen molar-refractivity contribution in [2.45, 2.75) is 71.8 Å². The van der Waals surface area contributed by atoms with E-state index in [2.05, 4.69) is 26.2 Å². The van der Waals surface area contributed by atoms with Gasteiger partial charge in [0.05, 0.1) is 0 Å². The molecule has 1 fully saturated rings. The van der Waals surface area contributed by atoms with E-state index in [-0.39, 0.29) is 0 Å². The van der Waals surface area contributed by atoms with Crippen molar-refractivity contribution in [3.8, 4) is 0 Å². The molecule has 0 aliphatic heterocycles.